The predicted molar refractivity (Wildman–Crippen MR) is 160 cm³/mol. The third kappa shape index (κ3) is 9.91. The maximum Gasteiger partial charge on any atom is 0.311 e. The predicted octanol–water partition coefficient (Wildman–Crippen LogP) is 5.41. The van der Waals surface area contributed by atoms with Gasteiger partial charge in [-0.15, -0.1) is 0 Å². The molecule has 0 aromatic heterocycles. The second-order valence-corrected chi connectivity index (χ2v) is 14.2. The highest BCUT2D eigenvalue weighted by atomic mass is 32.2. The van der Waals surface area contributed by atoms with Crippen LogP contribution in [0.15, 0.2) is 48.5 Å². The van der Waals surface area contributed by atoms with Crippen LogP contribution in [0.2, 0.25) is 0 Å². The summed E-state index contributed by atoms with van der Waals surface area (Å²) in [6.07, 6.45) is 1.80. The molecule has 9 heteroatoms. The second kappa shape index (κ2) is 12.5. The van der Waals surface area contributed by atoms with Gasteiger partial charge in [0, 0.05) is 18.2 Å². The van der Waals surface area contributed by atoms with Crippen LogP contribution < -0.4 is 10.5 Å². The van der Waals surface area contributed by atoms with E-state index in [1.807, 2.05) is 44.7 Å². The Labute approximate surface area is 234 Å². The van der Waals surface area contributed by atoms with Gasteiger partial charge in [-0.2, -0.15) is 0 Å². The Bertz CT molecular complexity index is 1200. The smallest absolute Gasteiger partial charge is 0.311 e. The molecule has 0 fully saturated rings. The number of rotatable bonds is 10. The molecule has 2 aromatic rings. The van der Waals surface area contributed by atoms with Gasteiger partial charge in [-0.25, -0.2) is 8.42 Å². The monoisotopic (exact) mass is 561 g/mol. The maximum atomic E-state index is 12.5. The van der Waals surface area contributed by atoms with Gasteiger partial charge in [0.1, 0.15) is 0 Å². The van der Waals surface area contributed by atoms with Crippen molar-refractivity contribution in [2.24, 2.45) is 17.1 Å². The van der Waals surface area contributed by atoms with Crippen molar-refractivity contribution in [3.05, 3.63) is 65.2 Å². The molecule has 2 rings (SSSR count). The Morgan fingerprint density at radius 1 is 1.03 bits per heavy atom. The number of nitrogens with one attached hydrogen (secondary N) is 1. The first-order chi connectivity index (χ1) is 17.4. The van der Waals surface area contributed by atoms with Gasteiger partial charge in [-0.3, -0.25) is 9.52 Å². The molecule has 0 bridgehead atoms. The van der Waals surface area contributed by atoms with Crippen molar-refractivity contribution in [3.63, 3.8) is 0 Å². The quantitative estimate of drug-likeness (QED) is 0.295. The number of sulfonamides is 1. The number of anilines is 1. The lowest BCUT2D eigenvalue weighted by Crippen LogP contribution is -2.42. The minimum absolute atomic E-state index is 0.0584. The molecule has 0 saturated carbocycles. The van der Waals surface area contributed by atoms with Gasteiger partial charge in [0.25, 0.3) is 0 Å². The molecule has 7 nitrogen and oxygen atoms in total. The molecule has 0 radical (unpaired) electrons. The number of ether oxygens (including phenoxy) is 1. The van der Waals surface area contributed by atoms with Crippen molar-refractivity contribution in [1.82, 2.24) is 4.90 Å². The maximum absolute atomic E-state index is 12.5. The molecular weight excluding hydrogens is 518 g/mol. The Hall–Kier alpha value is -2.65. The van der Waals surface area contributed by atoms with E-state index in [0.29, 0.717) is 18.7 Å². The van der Waals surface area contributed by atoms with E-state index in [1.54, 1.807) is 12.1 Å². The average molecular weight is 562 g/mol. The molecule has 38 heavy (non-hydrogen) atoms. The molecule has 2 atom stereocenters. The first-order valence-corrected chi connectivity index (χ1v) is 15.1. The number of nitrogens with two attached hydrogens (primary N) is 1. The van der Waals surface area contributed by atoms with Crippen molar-refractivity contribution in [2.75, 3.05) is 24.1 Å². The summed E-state index contributed by atoms with van der Waals surface area (Å²) in [6.45, 7) is 14.8. The van der Waals surface area contributed by atoms with Crippen molar-refractivity contribution in [2.45, 2.75) is 66.3 Å². The normalized spacial score (nSPS) is 13.9. The highest BCUT2D eigenvalue weighted by Crippen LogP contribution is 2.27. The Morgan fingerprint density at radius 2 is 1.58 bits per heavy atom. The number of carbonyl (C=O) groups excluding carboxylic acids is 1. The van der Waals surface area contributed by atoms with E-state index < -0.39 is 15.4 Å². The standard InChI is InChI=1S/C29H43N3O4S2/c1-20(23-11-15-25(16-12-23)31-38(8,34)35)32(27(30)37)18-22(19-36-26(33)29(5,6)7)17-21-9-13-24(14-10-21)28(2,3)4/h9-16,20,22,31H,17-19H2,1-8H3,(H2,30,37)/t20-,22+/m1/s1. The Kier molecular flexibility index (Phi) is 10.4. The van der Waals surface area contributed by atoms with Crippen LogP contribution >= 0.6 is 12.2 Å². The fraction of sp³-hybridized carbons (Fsp3) is 0.517. The van der Waals surface area contributed by atoms with Crippen molar-refractivity contribution < 1.29 is 17.9 Å². The van der Waals surface area contributed by atoms with Crippen LogP contribution in [0.25, 0.3) is 0 Å². The Morgan fingerprint density at radius 3 is 2.03 bits per heavy atom. The third-order valence-electron chi connectivity index (χ3n) is 6.31. The number of benzene rings is 2. The minimum atomic E-state index is -3.36. The zero-order valence-corrected chi connectivity index (χ0v) is 25.5. The van der Waals surface area contributed by atoms with Crippen LogP contribution in [-0.2, 0) is 31.4 Å². The molecule has 0 aliphatic carbocycles. The molecular formula is C29H43N3O4S2. The second-order valence-electron chi connectivity index (χ2n) is 12.0. The van der Waals surface area contributed by atoms with Crippen LogP contribution in [0.4, 0.5) is 5.69 Å². The molecule has 0 aliphatic heterocycles. The van der Waals surface area contributed by atoms with Gasteiger partial charge >= 0.3 is 5.97 Å². The van der Waals surface area contributed by atoms with Crippen LogP contribution in [-0.4, -0.2) is 43.8 Å². The van der Waals surface area contributed by atoms with E-state index in [-0.39, 0.29) is 35.1 Å². The number of hydrogen-bond donors (Lipinski definition) is 2. The lowest BCUT2D eigenvalue weighted by Gasteiger charge is -2.34. The summed E-state index contributed by atoms with van der Waals surface area (Å²) in [5.74, 6) is -0.314. The highest BCUT2D eigenvalue weighted by Gasteiger charge is 2.27. The Balaban J connectivity index is 2.27. The summed E-state index contributed by atoms with van der Waals surface area (Å²) in [5, 5.41) is 0.242. The molecule has 0 amide bonds. The average Bonchev–Trinajstić information content (AvgIpc) is 2.78. The van der Waals surface area contributed by atoms with Gasteiger partial charge in [0.05, 0.1) is 24.3 Å². The fourth-order valence-corrected chi connectivity index (χ4v) is 4.80. The summed E-state index contributed by atoms with van der Waals surface area (Å²) in [4.78, 5) is 14.5. The van der Waals surface area contributed by atoms with Crippen LogP contribution in [0.5, 0.6) is 0 Å². The fourth-order valence-electron chi connectivity index (χ4n) is 4.00. The van der Waals surface area contributed by atoms with Crippen LogP contribution in [0, 0.1) is 11.3 Å². The van der Waals surface area contributed by atoms with Gasteiger partial charge in [0.2, 0.25) is 10.0 Å². The zero-order chi connectivity index (χ0) is 28.9. The van der Waals surface area contributed by atoms with Crippen molar-refractivity contribution in [1.29, 1.82) is 0 Å². The number of carbonyl (C=O) groups is 1. The van der Waals surface area contributed by atoms with Gasteiger partial charge in [-0.05, 0) is 80.6 Å². The van der Waals surface area contributed by atoms with Gasteiger partial charge in [0.15, 0.2) is 5.11 Å². The SMILES string of the molecule is C[C@H](c1ccc(NS(C)(=O)=O)cc1)N(C[C@@H](COC(=O)C(C)(C)C)Cc1ccc(C(C)(C)C)cc1)C(N)=S. The molecule has 210 valence electrons. The zero-order valence-electron chi connectivity index (χ0n) is 23.9. The molecule has 2 aromatic carbocycles. The molecule has 0 spiro atoms. The molecule has 0 heterocycles. The summed E-state index contributed by atoms with van der Waals surface area (Å²) < 4.78 is 31.3. The first-order valence-electron chi connectivity index (χ1n) is 12.8. The van der Waals surface area contributed by atoms with E-state index in [0.717, 1.165) is 17.4 Å². The summed E-state index contributed by atoms with van der Waals surface area (Å²) in [7, 11) is -3.36. The lowest BCUT2D eigenvalue weighted by molar-refractivity contribution is -0.154. The highest BCUT2D eigenvalue weighted by molar-refractivity contribution is 7.92. The van der Waals surface area contributed by atoms with Crippen LogP contribution in [0.3, 0.4) is 0 Å². The minimum Gasteiger partial charge on any atom is -0.465 e. The lowest BCUT2D eigenvalue weighted by atomic mass is 9.86. The molecule has 0 saturated heterocycles. The number of nitrogens with zero attached hydrogens (tertiary/aromatic N) is 1. The summed E-state index contributed by atoms with van der Waals surface area (Å²) in [5.41, 5.74) is 9.44. The topological polar surface area (TPSA) is 102 Å². The molecule has 0 unspecified atom stereocenters. The van der Waals surface area contributed by atoms with Crippen LogP contribution in [0.1, 0.15) is 71.2 Å². The summed E-state index contributed by atoms with van der Waals surface area (Å²) >= 11 is 5.43. The van der Waals surface area contributed by atoms with E-state index in [1.165, 1.54) is 5.56 Å². The van der Waals surface area contributed by atoms with E-state index in [4.69, 9.17) is 22.7 Å². The number of esters is 1. The third-order valence-corrected chi connectivity index (χ3v) is 7.15. The van der Waals surface area contributed by atoms with Gasteiger partial charge < -0.3 is 15.4 Å². The number of thiocarbonyl (C=S) groups is 1. The van der Waals surface area contributed by atoms with Crippen molar-refractivity contribution in [3.8, 4) is 0 Å². The molecule has 0 aliphatic rings. The first kappa shape index (κ1) is 31.6. The van der Waals surface area contributed by atoms with E-state index in [2.05, 4.69) is 49.8 Å². The van der Waals surface area contributed by atoms with E-state index >= 15 is 0 Å². The van der Waals surface area contributed by atoms with E-state index in [9.17, 15) is 13.2 Å². The summed E-state index contributed by atoms with van der Waals surface area (Å²) in [6, 6.07) is 15.5. The molecule has 3 N–H and O–H groups in total. The van der Waals surface area contributed by atoms with Gasteiger partial charge in [-0.1, -0.05) is 57.2 Å². The van der Waals surface area contributed by atoms with Crippen molar-refractivity contribution >= 4 is 39.0 Å². The largest absolute Gasteiger partial charge is 0.465 e. The number of hydrogen-bond acceptors (Lipinski definition) is 5.